The maximum Gasteiger partial charge on any atom is 0.401 e. The molecule has 2 N–H and O–H groups in total. The van der Waals surface area contributed by atoms with E-state index in [1.165, 1.54) is 32.1 Å². The predicted molar refractivity (Wildman–Crippen MR) is 63.0 cm³/mol. The number of rotatable bonds is 6. The van der Waals surface area contributed by atoms with Gasteiger partial charge in [0.05, 0.1) is 6.54 Å². The Morgan fingerprint density at radius 2 is 1.59 bits per heavy atom. The summed E-state index contributed by atoms with van der Waals surface area (Å²) in [7, 11) is 0. The molecule has 0 spiro atoms. The van der Waals surface area contributed by atoms with Crippen LogP contribution in [0.15, 0.2) is 0 Å². The second kappa shape index (κ2) is 6.59. The number of hydrogen-bond acceptors (Lipinski definition) is 2. The molecule has 0 aromatic heterocycles. The predicted octanol–water partition coefficient (Wildman–Crippen LogP) is 2.70. The third-order valence-electron chi connectivity index (χ3n) is 3.42. The molecule has 5 heteroatoms. The van der Waals surface area contributed by atoms with Crippen molar-refractivity contribution in [3.8, 4) is 0 Å². The van der Waals surface area contributed by atoms with Crippen molar-refractivity contribution in [2.24, 2.45) is 5.41 Å². The molecular weight excluding hydrogens is 229 g/mol. The van der Waals surface area contributed by atoms with Gasteiger partial charge < -0.3 is 10.6 Å². The molecule has 0 atom stereocenters. The topological polar surface area (TPSA) is 24.1 Å². The van der Waals surface area contributed by atoms with Crippen molar-refractivity contribution in [1.82, 2.24) is 10.6 Å². The Morgan fingerprint density at radius 1 is 1.00 bits per heavy atom. The van der Waals surface area contributed by atoms with Crippen molar-refractivity contribution in [2.75, 3.05) is 26.2 Å². The molecule has 1 aliphatic carbocycles. The van der Waals surface area contributed by atoms with Gasteiger partial charge in [-0.25, -0.2) is 0 Å². The van der Waals surface area contributed by atoms with Crippen LogP contribution in [-0.4, -0.2) is 32.4 Å². The van der Waals surface area contributed by atoms with E-state index in [1.807, 2.05) is 0 Å². The van der Waals surface area contributed by atoms with Gasteiger partial charge in [0.2, 0.25) is 0 Å². The highest BCUT2D eigenvalue weighted by Gasteiger charge is 2.27. The van der Waals surface area contributed by atoms with Gasteiger partial charge in [-0.15, -0.1) is 0 Å². The van der Waals surface area contributed by atoms with Gasteiger partial charge in [-0.05, 0) is 18.3 Å². The Balaban J connectivity index is 2.00. The summed E-state index contributed by atoms with van der Waals surface area (Å²) in [5.41, 5.74) is 0.349. The second-order valence-corrected chi connectivity index (χ2v) is 5.34. The number of nitrogens with one attached hydrogen (secondary N) is 2. The minimum atomic E-state index is -4.10. The summed E-state index contributed by atoms with van der Waals surface area (Å²) in [5, 5.41) is 5.64. The quantitative estimate of drug-likeness (QED) is 0.710. The SMILES string of the molecule is CC1(CNCCNCC(F)(F)F)CCCCC1. The highest BCUT2D eigenvalue weighted by molar-refractivity contribution is 4.80. The van der Waals surface area contributed by atoms with Gasteiger partial charge in [0.25, 0.3) is 0 Å². The van der Waals surface area contributed by atoms with E-state index < -0.39 is 12.7 Å². The normalized spacial score (nSPS) is 20.5. The largest absolute Gasteiger partial charge is 0.401 e. The molecule has 1 aliphatic rings. The molecule has 0 aliphatic heterocycles. The fourth-order valence-electron chi connectivity index (χ4n) is 2.38. The van der Waals surface area contributed by atoms with Crippen LogP contribution < -0.4 is 10.6 Å². The van der Waals surface area contributed by atoms with Gasteiger partial charge in [0, 0.05) is 19.6 Å². The molecule has 0 heterocycles. The van der Waals surface area contributed by atoms with Crippen molar-refractivity contribution in [2.45, 2.75) is 45.2 Å². The molecular formula is C12H23F3N2. The van der Waals surface area contributed by atoms with Gasteiger partial charge >= 0.3 is 6.18 Å². The zero-order valence-electron chi connectivity index (χ0n) is 10.5. The maximum atomic E-state index is 11.8. The van der Waals surface area contributed by atoms with Gasteiger partial charge in [0.1, 0.15) is 0 Å². The van der Waals surface area contributed by atoms with Crippen LogP contribution in [0, 0.1) is 5.41 Å². The monoisotopic (exact) mass is 252 g/mol. The maximum absolute atomic E-state index is 11.8. The Labute approximate surface area is 101 Å². The lowest BCUT2D eigenvalue weighted by atomic mass is 9.76. The van der Waals surface area contributed by atoms with E-state index in [0.717, 1.165) is 6.54 Å². The average Bonchev–Trinajstić information content (AvgIpc) is 2.23. The smallest absolute Gasteiger partial charge is 0.315 e. The summed E-state index contributed by atoms with van der Waals surface area (Å²) in [4.78, 5) is 0. The zero-order chi connectivity index (χ0) is 12.8. The van der Waals surface area contributed by atoms with Crippen molar-refractivity contribution >= 4 is 0 Å². The van der Waals surface area contributed by atoms with Crippen molar-refractivity contribution in [1.29, 1.82) is 0 Å². The van der Waals surface area contributed by atoms with Gasteiger partial charge in [-0.3, -0.25) is 0 Å². The number of hydrogen-bond donors (Lipinski definition) is 2. The molecule has 1 fully saturated rings. The molecule has 0 radical (unpaired) electrons. The summed E-state index contributed by atoms with van der Waals surface area (Å²) in [6, 6.07) is 0. The van der Waals surface area contributed by atoms with Gasteiger partial charge in [-0.2, -0.15) is 13.2 Å². The highest BCUT2D eigenvalue weighted by Crippen LogP contribution is 2.34. The van der Waals surface area contributed by atoms with Crippen molar-refractivity contribution < 1.29 is 13.2 Å². The van der Waals surface area contributed by atoms with Crippen LogP contribution in [0.5, 0.6) is 0 Å². The standard InChI is InChI=1S/C12H23F3N2/c1-11(5-3-2-4-6-11)9-16-7-8-17-10-12(13,14)15/h16-17H,2-10H2,1H3. The number of alkyl halides is 3. The highest BCUT2D eigenvalue weighted by atomic mass is 19.4. The van der Waals surface area contributed by atoms with E-state index in [0.29, 0.717) is 18.5 Å². The molecule has 102 valence electrons. The minimum Gasteiger partial charge on any atom is -0.315 e. The lowest BCUT2D eigenvalue weighted by Gasteiger charge is -2.33. The average molecular weight is 252 g/mol. The van der Waals surface area contributed by atoms with Crippen LogP contribution in [0.4, 0.5) is 13.2 Å². The van der Waals surface area contributed by atoms with Gasteiger partial charge in [0.15, 0.2) is 0 Å². The molecule has 0 saturated heterocycles. The lowest BCUT2D eigenvalue weighted by molar-refractivity contribution is -0.124. The van der Waals surface area contributed by atoms with Crippen molar-refractivity contribution in [3.63, 3.8) is 0 Å². The molecule has 17 heavy (non-hydrogen) atoms. The first-order valence-electron chi connectivity index (χ1n) is 6.40. The van der Waals surface area contributed by atoms with Crippen LogP contribution in [0.25, 0.3) is 0 Å². The number of halogens is 3. The molecule has 0 aromatic rings. The molecule has 1 saturated carbocycles. The van der Waals surface area contributed by atoms with E-state index >= 15 is 0 Å². The summed E-state index contributed by atoms with van der Waals surface area (Å²) < 4.78 is 35.5. The summed E-state index contributed by atoms with van der Waals surface area (Å²) in [6.45, 7) is 3.26. The zero-order valence-corrected chi connectivity index (χ0v) is 10.5. The Kier molecular flexibility index (Phi) is 5.73. The van der Waals surface area contributed by atoms with E-state index in [-0.39, 0.29) is 0 Å². The van der Waals surface area contributed by atoms with E-state index in [2.05, 4.69) is 17.6 Å². The van der Waals surface area contributed by atoms with Crippen LogP contribution >= 0.6 is 0 Å². The molecule has 1 rings (SSSR count). The first kappa shape index (κ1) is 14.8. The van der Waals surface area contributed by atoms with Gasteiger partial charge in [-0.1, -0.05) is 26.2 Å². The lowest BCUT2D eigenvalue weighted by Crippen LogP contribution is -2.38. The van der Waals surface area contributed by atoms with Crippen LogP contribution in [0.1, 0.15) is 39.0 Å². The molecule has 0 amide bonds. The molecule has 0 bridgehead atoms. The summed E-state index contributed by atoms with van der Waals surface area (Å²) in [5.74, 6) is 0. The minimum absolute atomic E-state index is 0.349. The second-order valence-electron chi connectivity index (χ2n) is 5.34. The first-order valence-corrected chi connectivity index (χ1v) is 6.40. The molecule has 0 unspecified atom stereocenters. The molecule has 0 aromatic carbocycles. The van der Waals surface area contributed by atoms with Crippen LogP contribution in [0.3, 0.4) is 0 Å². The third-order valence-corrected chi connectivity index (χ3v) is 3.42. The summed E-state index contributed by atoms with van der Waals surface area (Å²) >= 11 is 0. The Morgan fingerprint density at radius 3 is 2.18 bits per heavy atom. The Hall–Kier alpha value is -0.290. The van der Waals surface area contributed by atoms with E-state index in [4.69, 9.17) is 0 Å². The van der Waals surface area contributed by atoms with E-state index in [1.54, 1.807) is 0 Å². The van der Waals surface area contributed by atoms with Crippen molar-refractivity contribution in [3.05, 3.63) is 0 Å². The third kappa shape index (κ3) is 6.88. The first-order chi connectivity index (χ1) is 7.91. The fourth-order valence-corrected chi connectivity index (χ4v) is 2.38. The van der Waals surface area contributed by atoms with E-state index in [9.17, 15) is 13.2 Å². The van der Waals surface area contributed by atoms with Crippen LogP contribution in [-0.2, 0) is 0 Å². The summed E-state index contributed by atoms with van der Waals surface area (Å²) in [6.07, 6.45) is 2.25. The Bertz CT molecular complexity index is 210. The van der Waals surface area contributed by atoms with Crippen LogP contribution in [0.2, 0.25) is 0 Å². The molecule has 2 nitrogen and oxygen atoms in total. The fraction of sp³-hybridized carbons (Fsp3) is 1.00.